The second-order valence-corrected chi connectivity index (χ2v) is 17.5. The lowest BCUT2D eigenvalue weighted by molar-refractivity contribution is -0.870. The highest BCUT2D eigenvalue weighted by Crippen LogP contribution is 2.43. The first-order chi connectivity index (χ1) is 26.0. The smallest absolute Gasteiger partial charge is 0.387 e. The Morgan fingerprint density at radius 2 is 1.07 bits per heavy atom. The molecule has 0 spiro atoms. The summed E-state index contributed by atoms with van der Waals surface area (Å²) in [6.45, 7) is 4.75. The Hall–Kier alpha value is -1.54. The number of unbranched alkanes of at least 4 members (excludes halogenated alkanes) is 20. The summed E-state index contributed by atoms with van der Waals surface area (Å²) in [6, 6.07) is -0.866. The van der Waals surface area contributed by atoms with E-state index in [9.17, 15) is 19.4 Å². The molecule has 0 fully saturated rings. The van der Waals surface area contributed by atoms with Crippen LogP contribution in [0.5, 0.6) is 0 Å². The minimum atomic E-state index is -4.35. The minimum absolute atomic E-state index is 0.0531. The van der Waals surface area contributed by atoms with Crippen LogP contribution in [0.3, 0.4) is 0 Å². The Morgan fingerprint density at radius 1 is 0.630 bits per heavy atom. The zero-order valence-electron chi connectivity index (χ0n) is 35.7. The van der Waals surface area contributed by atoms with Gasteiger partial charge in [-0.05, 0) is 64.2 Å². The van der Waals surface area contributed by atoms with Crippen molar-refractivity contribution in [3.63, 3.8) is 0 Å². The second-order valence-electron chi connectivity index (χ2n) is 16.1. The van der Waals surface area contributed by atoms with Crippen LogP contribution in [0, 0.1) is 0 Å². The summed E-state index contributed by atoms with van der Waals surface area (Å²) in [5.74, 6) is -0.197. The molecule has 1 amide bonds. The standard InChI is InChI=1S/C45H85N2O6P/c1-6-8-10-12-14-16-18-20-22-23-24-25-27-29-31-33-35-37-39-45(49)46-43(42-53-54(50,51)52-41-40-47(3,4)5)44(48)38-36-34-32-30-28-26-21-19-17-15-13-11-9-7-2/h16,18,22-23,28,30,36,38,43-44,48H,6-15,17,19-21,24-27,29,31-35,37,39-42H2,1-5H3,(H-,46,49,50,51)/p+1/b18-16-,23-22-,30-28+,38-36+. The van der Waals surface area contributed by atoms with Gasteiger partial charge in [0.15, 0.2) is 0 Å². The predicted octanol–water partition coefficient (Wildman–Crippen LogP) is 12.1. The third kappa shape index (κ3) is 38.7. The average molecular weight is 782 g/mol. The maximum absolute atomic E-state index is 12.9. The topological polar surface area (TPSA) is 105 Å². The largest absolute Gasteiger partial charge is 0.472 e. The highest BCUT2D eigenvalue weighted by atomic mass is 31.2. The average Bonchev–Trinajstić information content (AvgIpc) is 3.12. The summed E-state index contributed by atoms with van der Waals surface area (Å²) in [4.78, 5) is 23.1. The number of carbonyl (C=O) groups excluding carboxylic acids is 1. The summed E-state index contributed by atoms with van der Waals surface area (Å²) in [5, 5.41) is 13.8. The van der Waals surface area contributed by atoms with E-state index >= 15 is 0 Å². The van der Waals surface area contributed by atoms with E-state index < -0.39 is 20.0 Å². The Labute approximate surface area is 333 Å². The highest BCUT2D eigenvalue weighted by Gasteiger charge is 2.27. The Balaban J connectivity index is 4.49. The van der Waals surface area contributed by atoms with Crippen LogP contribution in [0.2, 0.25) is 0 Å². The van der Waals surface area contributed by atoms with Gasteiger partial charge in [-0.15, -0.1) is 0 Å². The van der Waals surface area contributed by atoms with Crippen LogP contribution in [0.1, 0.15) is 181 Å². The summed E-state index contributed by atoms with van der Waals surface area (Å²) in [6.07, 6.45) is 46.0. The highest BCUT2D eigenvalue weighted by molar-refractivity contribution is 7.47. The molecular weight excluding hydrogens is 695 g/mol. The molecule has 0 saturated heterocycles. The lowest BCUT2D eigenvalue weighted by Crippen LogP contribution is -2.45. The van der Waals surface area contributed by atoms with Gasteiger partial charge in [0.1, 0.15) is 13.2 Å². The summed E-state index contributed by atoms with van der Waals surface area (Å²) in [7, 11) is 1.54. The Bertz CT molecular complexity index is 1020. The lowest BCUT2D eigenvalue weighted by Gasteiger charge is -2.25. The van der Waals surface area contributed by atoms with Crippen LogP contribution in [0.15, 0.2) is 48.6 Å². The van der Waals surface area contributed by atoms with Crippen LogP contribution in [-0.4, -0.2) is 73.4 Å². The number of hydrogen-bond acceptors (Lipinski definition) is 5. The first-order valence-electron chi connectivity index (χ1n) is 22.0. The number of nitrogens with zero attached hydrogens (tertiary/aromatic N) is 1. The fourth-order valence-electron chi connectivity index (χ4n) is 5.97. The first-order valence-corrected chi connectivity index (χ1v) is 23.5. The normalized spacial score (nSPS) is 14.9. The van der Waals surface area contributed by atoms with Crippen LogP contribution in [0.4, 0.5) is 0 Å². The second kappa shape index (κ2) is 37.1. The van der Waals surface area contributed by atoms with E-state index in [1.807, 2.05) is 27.2 Å². The van der Waals surface area contributed by atoms with Gasteiger partial charge in [-0.2, -0.15) is 0 Å². The number of carbonyl (C=O) groups is 1. The zero-order valence-corrected chi connectivity index (χ0v) is 36.6. The van der Waals surface area contributed by atoms with Gasteiger partial charge in [0.25, 0.3) is 0 Å². The van der Waals surface area contributed by atoms with Crippen molar-refractivity contribution in [3.05, 3.63) is 48.6 Å². The van der Waals surface area contributed by atoms with Gasteiger partial charge in [0, 0.05) is 6.42 Å². The molecule has 0 aromatic heterocycles. The van der Waals surface area contributed by atoms with E-state index in [4.69, 9.17) is 9.05 Å². The summed E-state index contributed by atoms with van der Waals surface area (Å²) in [5.41, 5.74) is 0. The van der Waals surface area contributed by atoms with Crippen LogP contribution >= 0.6 is 7.82 Å². The monoisotopic (exact) mass is 782 g/mol. The number of hydrogen-bond donors (Lipinski definition) is 3. The Kier molecular flexibility index (Phi) is 36.0. The molecule has 0 aliphatic heterocycles. The number of rotatable bonds is 39. The molecule has 0 aliphatic rings. The van der Waals surface area contributed by atoms with Crippen LogP contribution in [-0.2, 0) is 18.4 Å². The van der Waals surface area contributed by atoms with Crippen molar-refractivity contribution in [1.29, 1.82) is 0 Å². The van der Waals surface area contributed by atoms with Gasteiger partial charge in [0.2, 0.25) is 5.91 Å². The molecule has 54 heavy (non-hydrogen) atoms. The molecule has 0 aromatic rings. The quantitative estimate of drug-likeness (QED) is 0.0248. The van der Waals surface area contributed by atoms with Gasteiger partial charge in [-0.1, -0.05) is 159 Å². The van der Waals surface area contributed by atoms with Crippen molar-refractivity contribution in [2.24, 2.45) is 0 Å². The molecule has 9 heteroatoms. The van der Waals surface area contributed by atoms with Crippen LogP contribution < -0.4 is 5.32 Å². The SMILES string of the molecule is CCCCCC/C=C\C/C=C\CCCCCCCCCC(=O)NC(COP(=O)(O)OCC[N+](C)(C)C)C(O)/C=C/CC/C=C/CCCCCCCCCC. The number of quaternary nitrogens is 1. The van der Waals surface area contributed by atoms with Crippen molar-refractivity contribution >= 4 is 13.7 Å². The van der Waals surface area contributed by atoms with Gasteiger partial charge in [-0.3, -0.25) is 13.8 Å². The van der Waals surface area contributed by atoms with Gasteiger partial charge < -0.3 is 19.8 Å². The molecule has 8 nitrogen and oxygen atoms in total. The summed E-state index contributed by atoms with van der Waals surface area (Å²) < 4.78 is 23.5. The van der Waals surface area contributed by atoms with E-state index in [2.05, 4.69) is 55.6 Å². The number of phosphoric acid groups is 1. The Morgan fingerprint density at radius 3 is 1.61 bits per heavy atom. The van der Waals surface area contributed by atoms with E-state index in [1.165, 1.54) is 109 Å². The molecule has 0 radical (unpaired) electrons. The number of phosphoric ester groups is 1. The molecule has 3 N–H and O–H groups in total. The molecule has 0 heterocycles. The molecule has 3 unspecified atom stereocenters. The van der Waals surface area contributed by atoms with Gasteiger partial charge in [0.05, 0.1) is 39.9 Å². The number of amides is 1. The maximum atomic E-state index is 12.9. The molecule has 3 atom stereocenters. The minimum Gasteiger partial charge on any atom is -0.387 e. The molecule has 316 valence electrons. The predicted molar refractivity (Wildman–Crippen MR) is 231 cm³/mol. The zero-order chi connectivity index (χ0) is 40.0. The third-order valence-corrected chi connectivity index (χ3v) is 10.5. The van der Waals surface area contributed by atoms with Crippen molar-refractivity contribution in [1.82, 2.24) is 5.32 Å². The number of aliphatic hydroxyl groups excluding tert-OH is 1. The van der Waals surface area contributed by atoms with Gasteiger partial charge >= 0.3 is 7.82 Å². The van der Waals surface area contributed by atoms with Crippen molar-refractivity contribution in [2.45, 2.75) is 193 Å². The number of nitrogens with one attached hydrogen (secondary N) is 1. The fraction of sp³-hybridized carbons (Fsp3) is 0.800. The maximum Gasteiger partial charge on any atom is 0.472 e. The van der Waals surface area contributed by atoms with Crippen molar-refractivity contribution in [3.8, 4) is 0 Å². The number of likely N-dealkylation sites (N-methyl/N-ethyl adjacent to an activating group) is 1. The van der Waals surface area contributed by atoms with E-state index in [0.717, 1.165) is 51.4 Å². The molecular formula is C45H86N2O6P+. The third-order valence-electron chi connectivity index (χ3n) is 9.52. The van der Waals surface area contributed by atoms with E-state index in [0.29, 0.717) is 17.4 Å². The molecule has 0 saturated carbocycles. The van der Waals surface area contributed by atoms with E-state index in [1.54, 1.807) is 6.08 Å². The summed E-state index contributed by atoms with van der Waals surface area (Å²) >= 11 is 0. The number of allylic oxidation sites excluding steroid dienone is 7. The lowest BCUT2D eigenvalue weighted by atomic mass is 10.1. The van der Waals surface area contributed by atoms with Gasteiger partial charge in [-0.25, -0.2) is 4.57 Å². The van der Waals surface area contributed by atoms with Crippen LogP contribution in [0.25, 0.3) is 0 Å². The number of aliphatic hydroxyl groups is 1. The first kappa shape index (κ1) is 52.5. The fourth-order valence-corrected chi connectivity index (χ4v) is 6.70. The van der Waals surface area contributed by atoms with E-state index in [-0.39, 0.29) is 19.1 Å². The molecule has 0 aliphatic carbocycles. The molecule has 0 rings (SSSR count). The molecule has 0 bridgehead atoms. The van der Waals surface area contributed by atoms with Crippen molar-refractivity contribution in [2.75, 3.05) is 40.9 Å². The molecule has 0 aromatic carbocycles. The van der Waals surface area contributed by atoms with Crippen molar-refractivity contribution < 1.29 is 32.9 Å².